The first-order chi connectivity index (χ1) is 11.9. The molecule has 0 saturated carbocycles. The Labute approximate surface area is 147 Å². The van der Waals surface area contributed by atoms with Crippen LogP contribution in [0.15, 0.2) is 53.6 Å². The van der Waals surface area contributed by atoms with Gasteiger partial charge < -0.3 is 11.1 Å². The Bertz CT molecular complexity index is 1030. The Kier molecular flexibility index (Phi) is 4.49. The summed E-state index contributed by atoms with van der Waals surface area (Å²) in [4.78, 5) is 39.7. The average Bonchev–Trinajstić information content (AvgIpc) is 2.58. The van der Waals surface area contributed by atoms with E-state index in [0.717, 1.165) is 0 Å². The number of primary amides is 1. The summed E-state index contributed by atoms with van der Waals surface area (Å²) in [6.45, 7) is -0.192. The van der Waals surface area contributed by atoms with Gasteiger partial charge in [0.25, 0.3) is 5.56 Å². The van der Waals surface area contributed by atoms with Crippen molar-refractivity contribution >= 4 is 40.0 Å². The maximum Gasteiger partial charge on any atom is 0.261 e. The van der Waals surface area contributed by atoms with E-state index < -0.39 is 11.8 Å². The lowest BCUT2D eigenvalue weighted by Gasteiger charge is -2.08. The lowest BCUT2D eigenvalue weighted by atomic mass is 10.2. The normalized spacial score (nSPS) is 10.6. The molecule has 3 rings (SSSR count). The number of carbonyl (C=O) groups excluding carboxylic acids is 2. The first-order valence-electron chi connectivity index (χ1n) is 7.28. The number of rotatable bonds is 4. The van der Waals surface area contributed by atoms with Gasteiger partial charge in [0.1, 0.15) is 6.54 Å². The second-order valence-corrected chi connectivity index (χ2v) is 5.77. The second-order valence-electron chi connectivity index (χ2n) is 5.33. The topological polar surface area (TPSA) is 107 Å². The molecule has 2 aromatic carbocycles. The van der Waals surface area contributed by atoms with Crippen LogP contribution < -0.4 is 16.6 Å². The average molecular weight is 357 g/mol. The molecule has 0 radical (unpaired) electrons. The molecule has 0 unspecified atom stereocenters. The van der Waals surface area contributed by atoms with Crippen LogP contribution in [0.1, 0.15) is 10.4 Å². The van der Waals surface area contributed by atoms with E-state index in [1.54, 1.807) is 30.3 Å². The van der Waals surface area contributed by atoms with Gasteiger partial charge in [0.05, 0.1) is 17.2 Å². The quantitative estimate of drug-likeness (QED) is 0.743. The molecule has 0 aliphatic carbocycles. The van der Waals surface area contributed by atoms with Crippen molar-refractivity contribution in [2.45, 2.75) is 6.54 Å². The Morgan fingerprint density at radius 3 is 2.56 bits per heavy atom. The number of benzene rings is 2. The summed E-state index contributed by atoms with van der Waals surface area (Å²) < 4.78 is 1.21. The van der Waals surface area contributed by atoms with Gasteiger partial charge in [-0.3, -0.25) is 19.0 Å². The molecule has 0 aliphatic rings. The largest absolute Gasteiger partial charge is 0.366 e. The lowest BCUT2D eigenvalue weighted by molar-refractivity contribution is -0.116. The molecule has 2 amide bonds. The van der Waals surface area contributed by atoms with Crippen LogP contribution in [0.25, 0.3) is 10.9 Å². The van der Waals surface area contributed by atoms with Crippen LogP contribution in [0.4, 0.5) is 5.69 Å². The summed E-state index contributed by atoms with van der Waals surface area (Å²) >= 11 is 5.87. The standard InChI is InChI=1S/C17H13ClN4O3/c18-11-3-6-13-14(7-11)20-9-22(17(13)25)8-15(23)21-12-4-1-10(2-5-12)16(19)24/h1-7,9H,8H2,(H2,19,24)(H,21,23). The molecule has 0 bridgehead atoms. The third kappa shape index (κ3) is 3.67. The molecule has 3 N–H and O–H groups in total. The van der Waals surface area contributed by atoms with E-state index >= 15 is 0 Å². The molecule has 0 saturated heterocycles. The van der Waals surface area contributed by atoms with Crippen LogP contribution in [-0.2, 0) is 11.3 Å². The fourth-order valence-electron chi connectivity index (χ4n) is 2.32. The molecule has 1 heterocycles. The molecule has 3 aromatic rings. The highest BCUT2D eigenvalue weighted by atomic mass is 35.5. The molecule has 1 aromatic heterocycles. The van der Waals surface area contributed by atoms with Gasteiger partial charge in [-0.05, 0) is 42.5 Å². The number of hydrogen-bond acceptors (Lipinski definition) is 4. The van der Waals surface area contributed by atoms with Gasteiger partial charge in [-0.2, -0.15) is 0 Å². The van der Waals surface area contributed by atoms with Crippen molar-refractivity contribution in [3.63, 3.8) is 0 Å². The van der Waals surface area contributed by atoms with Crippen molar-refractivity contribution in [3.05, 3.63) is 69.7 Å². The summed E-state index contributed by atoms with van der Waals surface area (Å²) in [5, 5.41) is 3.50. The number of nitrogens with one attached hydrogen (secondary N) is 1. The van der Waals surface area contributed by atoms with Crippen molar-refractivity contribution in [3.8, 4) is 0 Å². The first kappa shape index (κ1) is 16.7. The Hall–Kier alpha value is -3.19. The van der Waals surface area contributed by atoms with E-state index in [2.05, 4.69) is 10.3 Å². The zero-order chi connectivity index (χ0) is 18.0. The molecule has 0 fully saturated rings. The van der Waals surface area contributed by atoms with Gasteiger partial charge in [-0.15, -0.1) is 0 Å². The lowest BCUT2D eigenvalue weighted by Crippen LogP contribution is -2.27. The van der Waals surface area contributed by atoms with Crippen LogP contribution in [0, 0.1) is 0 Å². The van der Waals surface area contributed by atoms with Crippen LogP contribution >= 0.6 is 11.6 Å². The van der Waals surface area contributed by atoms with Gasteiger partial charge in [-0.25, -0.2) is 4.98 Å². The monoisotopic (exact) mass is 356 g/mol. The van der Waals surface area contributed by atoms with Crippen molar-refractivity contribution in [2.75, 3.05) is 5.32 Å². The third-order valence-corrected chi connectivity index (χ3v) is 3.79. The van der Waals surface area contributed by atoms with Gasteiger partial charge in [0.2, 0.25) is 11.8 Å². The molecule has 8 heteroatoms. The molecule has 7 nitrogen and oxygen atoms in total. The van der Waals surface area contributed by atoms with Crippen LogP contribution in [0.2, 0.25) is 5.02 Å². The number of aromatic nitrogens is 2. The highest BCUT2D eigenvalue weighted by Crippen LogP contribution is 2.14. The minimum Gasteiger partial charge on any atom is -0.366 e. The molecule has 0 aliphatic heterocycles. The third-order valence-electron chi connectivity index (χ3n) is 3.55. The van der Waals surface area contributed by atoms with Crippen molar-refractivity contribution in [1.82, 2.24) is 9.55 Å². The van der Waals surface area contributed by atoms with E-state index in [9.17, 15) is 14.4 Å². The number of carbonyl (C=O) groups is 2. The number of hydrogen-bond donors (Lipinski definition) is 2. The number of amides is 2. The molecule has 0 spiro atoms. The maximum absolute atomic E-state index is 12.4. The van der Waals surface area contributed by atoms with Crippen LogP contribution in [0.3, 0.4) is 0 Å². The van der Waals surface area contributed by atoms with Gasteiger partial charge >= 0.3 is 0 Å². The predicted molar refractivity (Wildman–Crippen MR) is 94.6 cm³/mol. The molecule has 0 atom stereocenters. The van der Waals surface area contributed by atoms with Crippen LogP contribution in [0.5, 0.6) is 0 Å². The number of fused-ring (bicyclic) bond motifs is 1. The van der Waals surface area contributed by atoms with E-state index in [4.69, 9.17) is 17.3 Å². The minimum atomic E-state index is -0.549. The Morgan fingerprint density at radius 2 is 1.88 bits per heavy atom. The highest BCUT2D eigenvalue weighted by molar-refractivity contribution is 6.31. The Balaban J connectivity index is 1.77. The van der Waals surface area contributed by atoms with E-state index in [0.29, 0.717) is 27.2 Å². The maximum atomic E-state index is 12.4. The van der Waals surface area contributed by atoms with Gasteiger partial charge in [0.15, 0.2) is 0 Å². The second kappa shape index (κ2) is 6.74. The first-order valence-corrected chi connectivity index (χ1v) is 7.66. The zero-order valence-corrected chi connectivity index (χ0v) is 13.7. The van der Waals surface area contributed by atoms with Gasteiger partial charge in [-0.1, -0.05) is 11.6 Å². The summed E-state index contributed by atoms with van der Waals surface area (Å²) in [6, 6.07) is 10.9. The summed E-state index contributed by atoms with van der Waals surface area (Å²) in [6.07, 6.45) is 1.30. The van der Waals surface area contributed by atoms with Crippen molar-refractivity contribution in [2.24, 2.45) is 5.73 Å². The summed E-state index contributed by atoms with van der Waals surface area (Å²) in [5.74, 6) is -0.948. The van der Waals surface area contributed by atoms with E-state index in [1.165, 1.54) is 23.0 Å². The number of halogens is 1. The van der Waals surface area contributed by atoms with E-state index in [-0.39, 0.29) is 12.1 Å². The van der Waals surface area contributed by atoms with E-state index in [1.807, 2.05) is 0 Å². The van der Waals surface area contributed by atoms with Gasteiger partial charge in [0, 0.05) is 16.3 Å². The van der Waals surface area contributed by atoms with Crippen molar-refractivity contribution < 1.29 is 9.59 Å². The SMILES string of the molecule is NC(=O)c1ccc(NC(=O)Cn2cnc3cc(Cl)ccc3c2=O)cc1. The fourth-order valence-corrected chi connectivity index (χ4v) is 2.48. The number of nitrogens with zero attached hydrogens (tertiary/aromatic N) is 2. The molecular weight excluding hydrogens is 344 g/mol. The van der Waals surface area contributed by atoms with Crippen LogP contribution in [-0.4, -0.2) is 21.4 Å². The Morgan fingerprint density at radius 1 is 1.16 bits per heavy atom. The summed E-state index contributed by atoms with van der Waals surface area (Å²) in [5.41, 5.74) is 6.12. The smallest absolute Gasteiger partial charge is 0.261 e. The zero-order valence-electron chi connectivity index (χ0n) is 12.9. The fraction of sp³-hybridized carbons (Fsp3) is 0.0588. The summed E-state index contributed by atoms with van der Waals surface area (Å²) in [7, 11) is 0. The molecular formula is C17H13ClN4O3. The predicted octanol–water partition coefficient (Wildman–Crippen LogP) is 1.79. The number of anilines is 1. The van der Waals surface area contributed by atoms with Crippen molar-refractivity contribution in [1.29, 1.82) is 0 Å². The highest BCUT2D eigenvalue weighted by Gasteiger charge is 2.09. The molecule has 25 heavy (non-hydrogen) atoms. The minimum absolute atomic E-state index is 0.192. The molecule has 126 valence electrons. The number of nitrogens with two attached hydrogens (primary N) is 1.